The molecule has 2 rings (SSSR count). The van der Waals surface area contributed by atoms with Gasteiger partial charge >= 0.3 is 0 Å². The molecule has 0 aliphatic heterocycles. The lowest BCUT2D eigenvalue weighted by atomic mass is 10.1. The summed E-state index contributed by atoms with van der Waals surface area (Å²) in [6, 6.07) is 6.32. The Bertz CT molecular complexity index is 481. The van der Waals surface area contributed by atoms with Gasteiger partial charge in [-0.2, -0.15) is 0 Å². The molecule has 2 aromatic rings. The van der Waals surface area contributed by atoms with E-state index >= 15 is 0 Å². The summed E-state index contributed by atoms with van der Waals surface area (Å²) < 4.78 is 2.24. The number of fused-ring (bicyclic) bond motifs is 1. The third-order valence-corrected chi connectivity index (χ3v) is 2.95. The van der Waals surface area contributed by atoms with Crippen molar-refractivity contribution in [2.75, 3.05) is 5.73 Å². The Morgan fingerprint density at radius 2 is 2.07 bits per heavy atom. The van der Waals surface area contributed by atoms with E-state index in [4.69, 9.17) is 5.73 Å². The number of hydrogen-bond acceptors (Lipinski definition) is 1. The Labute approximate surface area is 84.3 Å². The van der Waals surface area contributed by atoms with Crippen LogP contribution in [-0.4, -0.2) is 4.57 Å². The van der Waals surface area contributed by atoms with Crippen LogP contribution in [0.2, 0.25) is 0 Å². The van der Waals surface area contributed by atoms with Gasteiger partial charge in [0.2, 0.25) is 0 Å². The van der Waals surface area contributed by atoms with E-state index < -0.39 is 0 Å². The summed E-state index contributed by atoms with van der Waals surface area (Å²) in [5.41, 5.74) is 10.6. The number of hydrogen-bond donors (Lipinski definition) is 1. The minimum atomic E-state index is 0.876. The van der Waals surface area contributed by atoms with Gasteiger partial charge in [0, 0.05) is 23.8 Å². The molecule has 2 N–H and O–H groups in total. The molecule has 0 fully saturated rings. The molecule has 1 heterocycles. The summed E-state index contributed by atoms with van der Waals surface area (Å²) in [5, 5.41) is 1.29. The highest BCUT2D eigenvalue weighted by Crippen LogP contribution is 2.26. The van der Waals surface area contributed by atoms with Gasteiger partial charge < -0.3 is 10.3 Å². The van der Waals surface area contributed by atoms with Crippen LogP contribution >= 0.6 is 0 Å². The summed E-state index contributed by atoms with van der Waals surface area (Å²) in [5.74, 6) is 0. The van der Waals surface area contributed by atoms with Gasteiger partial charge in [0.1, 0.15) is 0 Å². The second-order valence-electron chi connectivity index (χ2n) is 3.77. The van der Waals surface area contributed by atoms with E-state index in [0.717, 1.165) is 12.1 Å². The lowest BCUT2D eigenvalue weighted by Crippen LogP contribution is -1.97. The smallest absolute Gasteiger partial charge is 0.0530 e. The molecule has 0 amide bonds. The fraction of sp³-hybridized carbons (Fsp3) is 0.333. The summed E-state index contributed by atoms with van der Waals surface area (Å²) in [6.07, 6.45) is 1.06. The molecule has 1 aromatic carbocycles. The van der Waals surface area contributed by atoms with Gasteiger partial charge in [-0.25, -0.2) is 0 Å². The highest BCUT2D eigenvalue weighted by atomic mass is 14.9. The van der Waals surface area contributed by atoms with Gasteiger partial charge in [0.25, 0.3) is 0 Å². The molecule has 1 aromatic heterocycles. The minimum absolute atomic E-state index is 0.876. The first-order valence-electron chi connectivity index (χ1n) is 4.98. The normalized spacial score (nSPS) is 11.1. The SMILES string of the molecule is CCc1cc2ccc(N)c(C)c2n1C. The van der Waals surface area contributed by atoms with Crippen LogP contribution in [0.15, 0.2) is 18.2 Å². The van der Waals surface area contributed by atoms with Crippen LogP contribution in [0.4, 0.5) is 5.69 Å². The standard InChI is InChI=1S/C12H16N2/c1-4-10-7-9-5-6-11(13)8(2)12(9)14(10)3/h5-7H,4,13H2,1-3H3. The number of benzene rings is 1. The van der Waals surface area contributed by atoms with Crippen molar-refractivity contribution in [1.82, 2.24) is 4.57 Å². The van der Waals surface area contributed by atoms with E-state index in [1.165, 1.54) is 22.2 Å². The molecule has 0 unspecified atom stereocenters. The maximum atomic E-state index is 5.89. The number of anilines is 1. The van der Waals surface area contributed by atoms with Crippen LogP contribution in [0.3, 0.4) is 0 Å². The van der Waals surface area contributed by atoms with Gasteiger partial charge in [-0.3, -0.25) is 0 Å². The lowest BCUT2D eigenvalue weighted by molar-refractivity contribution is 0.863. The number of aromatic nitrogens is 1. The van der Waals surface area contributed by atoms with E-state index in [2.05, 4.69) is 37.6 Å². The molecule has 0 spiro atoms. The van der Waals surface area contributed by atoms with Crippen LogP contribution in [-0.2, 0) is 13.5 Å². The Morgan fingerprint density at radius 3 is 2.71 bits per heavy atom. The first-order valence-corrected chi connectivity index (χ1v) is 4.98. The molecule has 74 valence electrons. The molecule has 0 aliphatic rings. The van der Waals surface area contributed by atoms with Crippen LogP contribution in [0.5, 0.6) is 0 Å². The Kier molecular flexibility index (Phi) is 1.99. The van der Waals surface area contributed by atoms with Gasteiger partial charge in [-0.1, -0.05) is 13.0 Å². The maximum absolute atomic E-state index is 5.89. The van der Waals surface area contributed by atoms with E-state index in [1.54, 1.807) is 0 Å². The third-order valence-electron chi connectivity index (χ3n) is 2.95. The van der Waals surface area contributed by atoms with Crippen molar-refractivity contribution in [1.29, 1.82) is 0 Å². The average Bonchev–Trinajstić information content (AvgIpc) is 2.50. The lowest BCUT2D eigenvalue weighted by Gasteiger charge is -2.05. The van der Waals surface area contributed by atoms with Crippen LogP contribution in [0.25, 0.3) is 10.9 Å². The van der Waals surface area contributed by atoms with Crippen LogP contribution in [0.1, 0.15) is 18.2 Å². The quantitative estimate of drug-likeness (QED) is 0.685. The predicted octanol–water partition coefficient (Wildman–Crippen LogP) is 2.63. The first kappa shape index (κ1) is 9.13. The molecule has 0 aliphatic carbocycles. The molecule has 0 bridgehead atoms. The fourth-order valence-corrected chi connectivity index (χ4v) is 2.06. The van der Waals surface area contributed by atoms with Crippen LogP contribution < -0.4 is 5.73 Å². The second-order valence-corrected chi connectivity index (χ2v) is 3.77. The molecule has 0 saturated carbocycles. The van der Waals surface area contributed by atoms with Gasteiger partial charge in [0.05, 0.1) is 5.52 Å². The van der Waals surface area contributed by atoms with Gasteiger partial charge in [0.15, 0.2) is 0 Å². The zero-order valence-electron chi connectivity index (χ0n) is 8.96. The fourth-order valence-electron chi connectivity index (χ4n) is 2.06. The predicted molar refractivity (Wildman–Crippen MR) is 61.4 cm³/mol. The summed E-state index contributed by atoms with van der Waals surface area (Å²) >= 11 is 0. The highest BCUT2D eigenvalue weighted by Gasteiger charge is 2.07. The van der Waals surface area contributed by atoms with Gasteiger partial charge in [-0.15, -0.1) is 0 Å². The second kappa shape index (κ2) is 3.05. The summed E-state index contributed by atoms with van der Waals surface area (Å²) in [6.45, 7) is 4.25. The monoisotopic (exact) mass is 188 g/mol. The van der Waals surface area contributed by atoms with E-state index in [1.807, 2.05) is 6.07 Å². The number of nitrogens with two attached hydrogens (primary N) is 1. The number of rotatable bonds is 1. The number of nitrogens with zero attached hydrogens (tertiary/aromatic N) is 1. The van der Waals surface area contributed by atoms with E-state index in [9.17, 15) is 0 Å². The molecule has 0 radical (unpaired) electrons. The van der Waals surface area contributed by atoms with Crippen molar-refractivity contribution in [2.24, 2.45) is 7.05 Å². The van der Waals surface area contributed by atoms with Crippen molar-refractivity contribution >= 4 is 16.6 Å². The molecular formula is C12H16N2. The molecule has 2 nitrogen and oxygen atoms in total. The van der Waals surface area contributed by atoms with E-state index in [0.29, 0.717) is 0 Å². The summed E-state index contributed by atoms with van der Waals surface area (Å²) in [4.78, 5) is 0. The Morgan fingerprint density at radius 1 is 1.36 bits per heavy atom. The Hall–Kier alpha value is -1.44. The maximum Gasteiger partial charge on any atom is 0.0530 e. The molecule has 14 heavy (non-hydrogen) atoms. The molecule has 2 heteroatoms. The highest BCUT2D eigenvalue weighted by molar-refractivity contribution is 5.88. The topological polar surface area (TPSA) is 30.9 Å². The zero-order valence-corrected chi connectivity index (χ0v) is 8.96. The van der Waals surface area contributed by atoms with Crippen molar-refractivity contribution < 1.29 is 0 Å². The largest absolute Gasteiger partial charge is 0.398 e. The number of nitrogen functional groups attached to an aromatic ring is 1. The third kappa shape index (κ3) is 1.10. The molecular weight excluding hydrogens is 172 g/mol. The molecule has 0 atom stereocenters. The molecule has 0 saturated heterocycles. The van der Waals surface area contributed by atoms with Crippen molar-refractivity contribution in [3.8, 4) is 0 Å². The van der Waals surface area contributed by atoms with Crippen molar-refractivity contribution in [2.45, 2.75) is 20.3 Å². The first-order chi connectivity index (χ1) is 6.65. The van der Waals surface area contributed by atoms with Crippen molar-refractivity contribution in [3.63, 3.8) is 0 Å². The summed E-state index contributed by atoms with van der Waals surface area (Å²) in [7, 11) is 2.10. The average molecular weight is 188 g/mol. The zero-order chi connectivity index (χ0) is 10.3. The minimum Gasteiger partial charge on any atom is -0.398 e. The van der Waals surface area contributed by atoms with Crippen LogP contribution in [0, 0.1) is 6.92 Å². The number of aryl methyl sites for hydroxylation is 3. The van der Waals surface area contributed by atoms with Crippen molar-refractivity contribution in [3.05, 3.63) is 29.5 Å². The van der Waals surface area contributed by atoms with E-state index in [-0.39, 0.29) is 0 Å². The Balaban J connectivity index is 2.87. The van der Waals surface area contributed by atoms with Gasteiger partial charge in [-0.05, 0) is 31.0 Å².